The third-order valence-corrected chi connectivity index (χ3v) is 3.27. The van der Waals surface area contributed by atoms with Crippen LogP contribution in [-0.4, -0.2) is 17.1 Å². The first-order valence-corrected chi connectivity index (χ1v) is 5.80. The zero-order valence-electron chi connectivity index (χ0n) is 7.21. The summed E-state index contributed by atoms with van der Waals surface area (Å²) in [6.07, 6.45) is 0.362. The molecule has 0 saturated heterocycles. The molecule has 0 aliphatic carbocycles. The number of hydrogen-bond donors (Lipinski definition) is 2. The molecule has 0 aromatic heterocycles. The van der Waals surface area contributed by atoms with Crippen LogP contribution >= 0.6 is 38.5 Å². The molecule has 76 valence electrons. The molecule has 0 amide bonds. The molecule has 1 unspecified atom stereocenters. The highest BCUT2D eigenvalue weighted by Gasteiger charge is 2.13. The Morgan fingerprint density at radius 1 is 1.64 bits per heavy atom. The van der Waals surface area contributed by atoms with Crippen LogP contribution in [-0.2, 0) is 11.2 Å². The van der Waals surface area contributed by atoms with Crippen LogP contribution in [0.4, 0.5) is 0 Å². The van der Waals surface area contributed by atoms with E-state index < -0.39 is 12.0 Å². The number of halogens is 2. The van der Waals surface area contributed by atoms with Crippen molar-refractivity contribution in [3.05, 3.63) is 31.8 Å². The maximum absolute atomic E-state index is 10.5. The number of hydrogen-bond acceptors (Lipinski definition) is 2. The van der Waals surface area contributed by atoms with Gasteiger partial charge in [-0.25, -0.2) is 0 Å². The summed E-state index contributed by atoms with van der Waals surface area (Å²) in [5.41, 5.74) is 6.40. The van der Waals surface area contributed by atoms with Gasteiger partial charge in [0, 0.05) is 8.04 Å². The fraction of sp³-hybridized carbons (Fsp3) is 0.222. The van der Waals surface area contributed by atoms with Crippen LogP contribution in [0.3, 0.4) is 0 Å². The summed E-state index contributed by atoms with van der Waals surface area (Å²) in [5.74, 6) is -0.969. The lowest BCUT2D eigenvalue weighted by Gasteiger charge is -2.08. The molecule has 0 fully saturated rings. The van der Waals surface area contributed by atoms with Crippen LogP contribution in [0.5, 0.6) is 0 Å². The van der Waals surface area contributed by atoms with Crippen LogP contribution in [0.25, 0.3) is 0 Å². The Labute approximate surface area is 104 Å². The Morgan fingerprint density at radius 2 is 2.29 bits per heavy atom. The van der Waals surface area contributed by atoms with E-state index in [0.29, 0.717) is 6.42 Å². The summed E-state index contributed by atoms with van der Waals surface area (Å²) < 4.78 is 2.00. The molecule has 0 aliphatic heterocycles. The van der Waals surface area contributed by atoms with Crippen molar-refractivity contribution in [2.75, 3.05) is 0 Å². The zero-order valence-corrected chi connectivity index (χ0v) is 10.9. The van der Waals surface area contributed by atoms with Crippen molar-refractivity contribution in [3.8, 4) is 0 Å². The third-order valence-electron chi connectivity index (χ3n) is 1.77. The highest BCUT2D eigenvalue weighted by atomic mass is 127. The van der Waals surface area contributed by atoms with E-state index in [1.165, 1.54) is 0 Å². The van der Waals surface area contributed by atoms with Crippen molar-refractivity contribution < 1.29 is 9.90 Å². The van der Waals surface area contributed by atoms with Gasteiger partial charge in [-0.1, -0.05) is 22.0 Å². The molecule has 0 aliphatic rings. The fourth-order valence-electron chi connectivity index (χ4n) is 1.01. The minimum atomic E-state index is -0.969. The second-order valence-corrected chi connectivity index (χ2v) is 4.96. The van der Waals surface area contributed by atoms with E-state index in [-0.39, 0.29) is 0 Å². The van der Waals surface area contributed by atoms with Gasteiger partial charge in [0.15, 0.2) is 0 Å². The molecule has 3 nitrogen and oxygen atoms in total. The number of nitrogens with two attached hydrogens (primary N) is 1. The lowest BCUT2D eigenvalue weighted by Crippen LogP contribution is -2.32. The summed E-state index contributed by atoms with van der Waals surface area (Å²) in [7, 11) is 0. The van der Waals surface area contributed by atoms with E-state index in [1.54, 1.807) is 0 Å². The predicted octanol–water partition coefficient (Wildman–Crippen LogP) is 2.01. The normalized spacial score (nSPS) is 12.5. The van der Waals surface area contributed by atoms with Gasteiger partial charge >= 0.3 is 5.97 Å². The van der Waals surface area contributed by atoms with E-state index in [9.17, 15) is 4.79 Å². The predicted molar refractivity (Wildman–Crippen MR) is 66.2 cm³/mol. The largest absolute Gasteiger partial charge is 0.480 e. The Kier molecular flexibility index (Phi) is 4.33. The first-order valence-electron chi connectivity index (χ1n) is 3.93. The molecule has 1 atom stereocenters. The van der Waals surface area contributed by atoms with E-state index in [4.69, 9.17) is 10.8 Å². The summed E-state index contributed by atoms with van der Waals surface area (Å²) >= 11 is 5.50. The van der Waals surface area contributed by atoms with Crippen LogP contribution in [0, 0.1) is 3.57 Å². The van der Waals surface area contributed by atoms with E-state index in [0.717, 1.165) is 13.6 Å². The van der Waals surface area contributed by atoms with E-state index in [2.05, 4.69) is 38.5 Å². The van der Waals surface area contributed by atoms with Gasteiger partial charge in [0.05, 0.1) is 0 Å². The Bertz CT molecular complexity index is 357. The van der Waals surface area contributed by atoms with Gasteiger partial charge in [-0.3, -0.25) is 4.79 Å². The molecule has 0 radical (unpaired) electrons. The highest BCUT2D eigenvalue weighted by Crippen LogP contribution is 2.19. The molecule has 0 spiro atoms. The molecule has 14 heavy (non-hydrogen) atoms. The highest BCUT2D eigenvalue weighted by molar-refractivity contribution is 14.1. The Balaban J connectivity index is 2.82. The molecule has 0 saturated carbocycles. The summed E-state index contributed by atoms with van der Waals surface area (Å²) in [6, 6.07) is 4.87. The second kappa shape index (κ2) is 5.09. The van der Waals surface area contributed by atoms with E-state index in [1.807, 2.05) is 18.2 Å². The van der Waals surface area contributed by atoms with Crippen LogP contribution < -0.4 is 5.73 Å². The molecule has 1 aromatic rings. The lowest BCUT2D eigenvalue weighted by atomic mass is 10.1. The maximum atomic E-state index is 10.5. The third kappa shape index (κ3) is 3.21. The lowest BCUT2D eigenvalue weighted by molar-refractivity contribution is -0.138. The van der Waals surface area contributed by atoms with Gasteiger partial charge in [0.1, 0.15) is 6.04 Å². The number of carbonyl (C=O) groups is 1. The van der Waals surface area contributed by atoms with Crippen molar-refractivity contribution in [2.45, 2.75) is 12.5 Å². The second-order valence-electron chi connectivity index (χ2n) is 2.88. The molecule has 0 heterocycles. The minimum absolute atomic E-state index is 0.362. The van der Waals surface area contributed by atoms with Gasteiger partial charge in [0.25, 0.3) is 0 Å². The topological polar surface area (TPSA) is 63.3 Å². The average molecular weight is 370 g/mol. The van der Waals surface area contributed by atoms with Crippen LogP contribution in [0.1, 0.15) is 5.56 Å². The molecule has 3 N–H and O–H groups in total. The molecule has 1 aromatic carbocycles. The van der Waals surface area contributed by atoms with Gasteiger partial charge < -0.3 is 10.8 Å². The van der Waals surface area contributed by atoms with Gasteiger partial charge in [0.2, 0.25) is 0 Å². The van der Waals surface area contributed by atoms with Crippen molar-refractivity contribution in [3.63, 3.8) is 0 Å². The molecular weight excluding hydrogens is 361 g/mol. The number of benzene rings is 1. The van der Waals surface area contributed by atoms with Gasteiger partial charge in [-0.15, -0.1) is 0 Å². The van der Waals surface area contributed by atoms with Crippen LogP contribution in [0.15, 0.2) is 22.7 Å². The molecule has 5 heteroatoms. The number of rotatable bonds is 3. The van der Waals surface area contributed by atoms with Gasteiger partial charge in [-0.2, -0.15) is 0 Å². The summed E-state index contributed by atoms with van der Waals surface area (Å²) in [6.45, 7) is 0. The first-order chi connectivity index (χ1) is 6.50. The number of carboxylic acid groups (broad SMARTS) is 1. The maximum Gasteiger partial charge on any atom is 0.320 e. The minimum Gasteiger partial charge on any atom is -0.480 e. The number of carboxylic acids is 1. The molecule has 0 bridgehead atoms. The zero-order chi connectivity index (χ0) is 10.7. The molecule has 1 rings (SSSR count). The Morgan fingerprint density at radius 3 is 2.79 bits per heavy atom. The van der Waals surface area contributed by atoms with Crippen LogP contribution in [0.2, 0.25) is 0 Å². The smallest absolute Gasteiger partial charge is 0.320 e. The summed E-state index contributed by atoms with van der Waals surface area (Å²) in [5, 5.41) is 8.65. The first kappa shape index (κ1) is 11.9. The SMILES string of the molecule is NC(Cc1ccc(Br)cc1I)C(=O)O. The van der Waals surface area contributed by atoms with Crippen molar-refractivity contribution in [1.29, 1.82) is 0 Å². The average Bonchev–Trinajstić information content (AvgIpc) is 2.09. The van der Waals surface area contributed by atoms with Crippen molar-refractivity contribution in [1.82, 2.24) is 0 Å². The summed E-state index contributed by atoms with van der Waals surface area (Å²) in [4.78, 5) is 10.5. The quantitative estimate of drug-likeness (QED) is 0.801. The van der Waals surface area contributed by atoms with Crippen molar-refractivity contribution in [2.24, 2.45) is 5.73 Å². The van der Waals surface area contributed by atoms with Crippen molar-refractivity contribution >= 4 is 44.5 Å². The number of aliphatic carboxylic acids is 1. The van der Waals surface area contributed by atoms with E-state index >= 15 is 0 Å². The standard InChI is InChI=1S/C9H9BrINO2/c10-6-2-1-5(7(11)4-6)3-8(12)9(13)14/h1-2,4,8H,3,12H2,(H,13,14). The van der Waals surface area contributed by atoms with Gasteiger partial charge in [-0.05, 0) is 46.7 Å². The molecular formula is C9H9BrINO2. The fourth-order valence-corrected chi connectivity index (χ4v) is 2.54. The monoisotopic (exact) mass is 369 g/mol. The Hall–Kier alpha value is -0.140.